The van der Waals surface area contributed by atoms with Crippen molar-refractivity contribution in [3.05, 3.63) is 69.4 Å². The van der Waals surface area contributed by atoms with E-state index in [4.69, 9.17) is 11.6 Å². The van der Waals surface area contributed by atoms with Crippen LogP contribution in [0.3, 0.4) is 0 Å². The maximum atomic E-state index is 14.2. The quantitative estimate of drug-likeness (QED) is 0.390. The zero-order valence-corrected chi connectivity index (χ0v) is 22.0. The summed E-state index contributed by atoms with van der Waals surface area (Å²) in [4.78, 5) is 21.3. The van der Waals surface area contributed by atoms with E-state index in [-0.39, 0.29) is 34.6 Å². The summed E-state index contributed by atoms with van der Waals surface area (Å²) in [5.41, 5.74) is 1.02. The van der Waals surface area contributed by atoms with Gasteiger partial charge in [-0.2, -0.15) is 13.2 Å². The Hall–Kier alpha value is -2.98. The first kappa shape index (κ1) is 25.3. The molecule has 2 fully saturated rings. The molecule has 6 rings (SSSR count). The van der Waals surface area contributed by atoms with Gasteiger partial charge in [0.1, 0.15) is 23.1 Å². The van der Waals surface area contributed by atoms with Crippen molar-refractivity contribution in [2.75, 3.05) is 18.0 Å². The van der Waals surface area contributed by atoms with Crippen LogP contribution in [0.25, 0.3) is 0 Å². The number of hydrogen-bond donors (Lipinski definition) is 0. The molecular formula is C27H28ClF3N6O. The second-order valence-electron chi connectivity index (χ2n) is 11.1. The molecule has 0 bridgehead atoms. The number of carbonyl (C=O) groups excluding carboxylic acids is 1. The fraction of sp³-hybridized carbons (Fsp3) is 0.481. The van der Waals surface area contributed by atoms with Crippen molar-refractivity contribution in [1.29, 1.82) is 0 Å². The van der Waals surface area contributed by atoms with Crippen LogP contribution < -0.4 is 4.90 Å². The van der Waals surface area contributed by atoms with Gasteiger partial charge in [-0.15, -0.1) is 10.2 Å². The van der Waals surface area contributed by atoms with Gasteiger partial charge >= 0.3 is 6.18 Å². The second-order valence-corrected chi connectivity index (χ2v) is 11.5. The topological polar surface area (TPSA) is 67.2 Å². The van der Waals surface area contributed by atoms with Crippen LogP contribution in [0.15, 0.2) is 30.6 Å². The van der Waals surface area contributed by atoms with Gasteiger partial charge < -0.3 is 4.57 Å². The molecule has 38 heavy (non-hydrogen) atoms. The van der Waals surface area contributed by atoms with E-state index in [1.54, 1.807) is 24.5 Å². The number of benzene rings is 1. The fourth-order valence-electron chi connectivity index (χ4n) is 5.81. The number of anilines is 1. The molecule has 1 spiro atoms. The van der Waals surface area contributed by atoms with E-state index >= 15 is 0 Å². The summed E-state index contributed by atoms with van der Waals surface area (Å²) in [7, 11) is 1.85. The van der Waals surface area contributed by atoms with Crippen LogP contribution in [-0.2, 0) is 32.7 Å². The van der Waals surface area contributed by atoms with Crippen LogP contribution >= 0.6 is 11.6 Å². The molecule has 0 unspecified atom stereocenters. The monoisotopic (exact) mass is 544 g/mol. The first-order valence-corrected chi connectivity index (χ1v) is 13.2. The first-order valence-electron chi connectivity index (χ1n) is 12.8. The molecule has 1 aromatic carbocycles. The van der Waals surface area contributed by atoms with Crippen LogP contribution in [0.2, 0.25) is 5.15 Å². The SMILES string of the molecule is C[C@H](Cc1nncn1C)c1cc(Cl)nc(N2Cc3c(cc(CN4CCC5(CC5)C4)cc3C(F)(F)F)C2=O)c1. The van der Waals surface area contributed by atoms with Crippen molar-refractivity contribution in [3.63, 3.8) is 0 Å². The van der Waals surface area contributed by atoms with E-state index in [0.29, 0.717) is 23.9 Å². The summed E-state index contributed by atoms with van der Waals surface area (Å²) in [6.07, 6.45) is 1.10. The van der Waals surface area contributed by atoms with Gasteiger partial charge in [-0.1, -0.05) is 18.5 Å². The molecule has 7 nitrogen and oxygen atoms in total. The highest BCUT2D eigenvalue weighted by Gasteiger charge is 2.47. The second kappa shape index (κ2) is 9.05. The van der Waals surface area contributed by atoms with Gasteiger partial charge in [0.15, 0.2) is 0 Å². The highest BCUT2D eigenvalue weighted by molar-refractivity contribution is 6.29. The number of aryl methyl sites for hydroxylation is 1. The van der Waals surface area contributed by atoms with Crippen molar-refractivity contribution >= 4 is 23.3 Å². The summed E-state index contributed by atoms with van der Waals surface area (Å²) < 4.78 is 44.4. The van der Waals surface area contributed by atoms with E-state index < -0.39 is 17.6 Å². The lowest BCUT2D eigenvalue weighted by atomic mass is 9.98. The zero-order valence-electron chi connectivity index (χ0n) is 21.2. The molecule has 3 aliphatic rings. The molecule has 3 aromatic rings. The Morgan fingerprint density at radius 3 is 2.61 bits per heavy atom. The highest BCUT2D eigenvalue weighted by atomic mass is 35.5. The average Bonchev–Trinajstić information content (AvgIpc) is 3.12. The summed E-state index contributed by atoms with van der Waals surface area (Å²) >= 11 is 6.33. The minimum Gasteiger partial charge on any atom is -0.321 e. The van der Waals surface area contributed by atoms with Crippen LogP contribution in [-0.4, -0.2) is 43.6 Å². The zero-order chi connectivity index (χ0) is 26.8. The maximum Gasteiger partial charge on any atom is 0.416 e. The van der Waals surface area contributed by atoms with Crippen molar-refractivity contribution in [2.45, 2.75) is 57.8 Å². The summed E-state index contributed by atoms with van der Waals surface area (Å²) in [5, 5.41) is 8.20. The van der Waals surface area contributed by atoms with E-state index in [9.17, 15) is 18.0 Å². The number of aromatic nitrogens is 4. The molecule has 4 heterocycles. The molecule has 0 radical (unpaired) electrons. The maximum absolute atomic E-state index is 14.2. The Morgan fingerprint density at radius 2 is 1.95 bits per heavy atom. The van der Waals surface area contributed by atoms with Crippen LogP contribution in [0.5, 0.6) is 0 Å². The lowest BCUT2D eigenvalue weighted by Crippen LogP contribution is -2.24. The summed E-state index contributed by atoms with van der Waals surface area (Å²) in [5.74, 6) is 0.493. The molecular weight excluding hydrogens is 517 g/mol. The average molecular weight is 545 g/mol. The molecule has 1 saturated heterocycles. The molecule has 1 aliphatic carbocycles. The molecule has 11 heteroatoms. The smallest absolute Gasteiger partial charge is 0.321 e. The molecule has 1 atom stereocenters. The van der Waals surface area contributed by atoms with Gasteiger partial charge in [0.2, 0.25) is 0 Å². The van der Waals surface area contributed by atoms with Gasteiger partial charge in [0.05, 0.1) is 12.1 Å². The van der Waals surface area contributed by atoms with Crippen molar-refractivity contribution in [2.24, 2.45) is 12.5 Å². The number of amides is 1. The number of likely N-dealkylation sites (tertiary alicyclic amines) is 1. The highest BCUT2D eigenvalue weighted by Crippen LogP contribution is 2.53. The Labute approximate surface area is 223 Å². The molecule has 1 amide bonds. The third-order valence-corrected chi connectivity index (χ3v) is 8.42. The fourth-order valence-corrected chi connectivity index (χ4v) is 6.02. The molecule has 0 N–H and O–H groups in total. The predicted molar refractivity (Wildman–Crippen MR) is 136 cm³/mol. The van der Waals surface area contributed by atoms with E-state index in [2.05, 4.69) is 20.1 Å². The van der Waals surface area contributed by atoms with Crippen molar-refractivity contribution in [1.82, 2.24) is 24.6 Å². The largest absolute Gasteiger partial charge is 0.416 e. The number of pyridine rings is 1. The third-order valence-electron chi connectivity index (χ3n) is 8.23. The van der Waals surface area contributed by atoms with Crippen LogP contribution in [0.1, 0.15) is 70.5 Å². The van der Waals surface area contributed by atoms with Crippen molar-refractivity contribution < 1.29 is 18.0 Å². The van der Waals surface area contributed by atoms with Gasteiger partial charge in [-0.25, -0.2) is 4.98 Å². The van der Waals surface area contributed by atoms with E-state index in [1.165, 1.54) is 23.8 Å². The Balaban J connectivity index is 1.30. The number of fused-ring (bicyclic) bond motifs is 1. The number of nitrogens with zero attached hydrogens (tertiary/aromatic N) is 6. The number of hydrogen-bond acceptors (Lipinski definition) is 5. The van der Waals surface area contributed by atoms with Gasteiger partial charge in [0.25, 0.3) is 5.91 Å². The number of rotatable bonds is 6. The Bertz CT molecular complexity index is 1420. The van der Waals surface area contributed by atoms with E-state index in [1.807, 2.05) is 18.5 Å². The molecule has 2 aliphatic heterocycles. The lowest BCUT2D eigenvalue weighted by molar-refractivity contribution is -0.138. The predicted octanol–water partition coefficient (Wildman–Crippen LogP) is 5.37. The Morgan fingerprint density at radius 1 is 1.16 bits per heavy atom. The van der Waals surface area contributed by atoms with Crippen LogP contribution in [0.4, 0.5) is 19.0 Å². The number of halogens is 4. The van der Waals surface area contributed by atoms with E-state index in [0.717, 1.165) is 30.9 Å². The standard InChI is InChI=1S/C27H28ClF3N6O/c1-16(7-24-34-32-15-35(24)2)18-10-22(28)33-23(11-18)37-13-20-19(25(37)38)8-17(9-21(20)27(29,30)31)12-36-6-5-26(14-36)3-4-26/h8-11,15-16H,3-7,12-14H2,1-2H3/t16-/m1/s1. The van der Waals surface area contributed by atoms with Gasteiger partial charge in [-0.3, -0.25) is 14.6 Å². The minimum absolute atomic E-state index is 0.0122. The number of alkyl halides is 3. The van der Waals surface area contributed by atoms with Crippen LogP contribution in [0, 0.1) is 5.41 Å². The normalized spacial score (nSPS) is 19.4. The molecule has 200 valence electrons. The lowest BCUT2D eigenvalue weighted by Gasteiger charge is -2.19. The minimum atomic E-state index is -4.57. The summed E-state index contributed by atoms with van der Waals surface area (Å²) in [6.45, 7) is 3.97. The summed E-state index contributed by atoms with van der Waals surface area (Å²) in [6, 6.07) is 6.28. The number of carbonyl (C=O) groups is 1. The molecule has 2 aromatic heterocycles. The Kier molecular flexibility index (Phi) is 6.03. The van der Waals surface area contributed by atoms with Gasteiger partial charge in [-0.05, 0) is 78.1 Å². The van der Waals surface area contributed by atoms with Gasteiger partial charge in [0, 0.05) is 32.1 Å². The first-order chi connectivity index (χ1) is 18.0. The third kappa shape index (κ3) is 4.68. The molecule has 1 saturated carbocycles. The van der Waals surface area contributed by atoms with Crippen molar-refractivity contribution in [3.8, 4) is 0 Å².